The second-order valence-electron chi connectivity index (χ2n) is 3.82. The number of rotatable bonds is 3. The average molecular weight is 206 g/mol. The molecule has 1 heterocycles. The van der Waals surface area contributed by atoms with E-state index in [-0.39, 0.29) is 11.9 Å². The van der Waals surface area contributed by atoms with Gasteiger partial charge in [-0.2, -0.15) is 0 Å². The van der Waals surface area contributed by atoms with Crippen LogP contribution in [0.25, 0.3) is 0 Å². The van der Waals surface area contributed by atoms with Crippen LogP contribution in [0.5, 0.6) is 5.75 Å². The summed E-state index contributed by atoms with van der Waals surface area (Å²) in [5.41, 5.74) is 2.85. The lowest BCUT2D eigenvalue weighted by atomic mass is 10.0. The van der Waals surface area contributed by atoms with Crippen molar-refractivity contribution in [2.45, 2.75) is 20.0 Å². The zero-order valence-corrected chi connectivity index (χ0v) is 9.16. The van der Waals surface area contributed by atoms with Crippen LogP contribution in [0.1, 0.15) is 21.5 Å². The number of hydrogen-bond donors (Lipinski definition) is 0. The van der Waals surface area contributed by atoms with Gasteiger partial charge >= 0.3 is 0 Å². The molecule has 2 rings (SSSR count). The molecule has 0 bridgehead atoms. The number of ether oxygens (including phenoxy) is 2. The zero-order chi connectivity index (χ0) is 11.0. The predicted molar refractivity (Wildman–Crippen MR) is 56.5 cm³/mol. The Morgan fingerprint density at radius 2 is 2.00 bits per heavy atom. The summed E-state index contributed by atoms with van der Waals surface area (Å²) in [7, 11) is 1.58. The van der Waals surface area contributed by atoms with E-state index in [0.29, 0.717) is 17.9 Å². The number of aryl methyl sites for hydroxylation is 2. The standard InChI is InChI=1S/C12H14O3/c1-7-4-9(12(13)11-6-15-11)10(14-3)5-8(7)2/h4-5,11H,6H2,1-3H3. The van der Waals surface area contributed by atoms with Gasteiger partial charge in [-0.25, -0.2) is 0 Å². The van der Waals surface area contributed by atoms with Crippen LogP contribution in [0, 0.1) is 13.8 Å². The molecule has 0 aliphatic carbocycles. The van der Waals surface area contributed by atoms with Crippen LogP contribution in [-0.4, -0.2) is 25.6 Å². The molecule has 3 nitrogen and oxygen atoms in total. The Morgan fingerprint density at radius 3 is 2.53 bits per heavy atom. The Balaban J connectivity index is 2.43. The van der Waals surface area contributed by atoms with Crippen LogP contribution in [0.4, 0.5) is 0 Å². The monoisotopic (exact) mass is 206 g/mol. The highest BCUT2D eigenvalue weighted by Crippen LogP contribution is 2.27. The molecule has 0 spiro atoms. The third kappa shape index (κ3) is 1.88. The van der Waals surface area contributed by atoms with Crippen LogP contribution in [0.2, 0.25) is 0 Å². The Hall–Kier alpha value is -1.35. The molecule has 0 N–H and O–H groups in total. The minimum absolute atomic E-state index is 0.0231. The highest BCUT2D eigenvalue weighted by Gasteiger charge is 2.33. The van der Waals surface area contributed by atoms with Gasteiger partial charge in [0.1, 0.15) is 11.9 Å². The number of methoxy groups -OCH3 is 1. The fraction of sp³-hybridized carbons (Fsp3) is 0.417. The van der Waals surface area contributed by atoms with Crippen LogP contribution in [-0.2, 0) is 4.74 Å². The summed E-state index contributed by atoms with van der Waals surface area (Å²) in [6.45, 7) is 4.52. The average Bonchev–Trinajstić information content (AvgIpc) is 3.04. The van der Waals surface area contributed by atoms with Crippen molar-refractivity contribution in [1.29, 1.82) is 0 Å². The molecule has 1 aromatic carbocycles. The number of epoxide rings is 1. The summed E-state index contributed by atoms with van der Waals surface area (Å²) >= 11 is 0. The second kappa shape index (κ2) is 3.66. The van der Waals surface area contributed by atoms with Crippen molar-refractivity contribution < 1.29 is 14.3 Å². The van der Waals surface area contributed by atoms with Gasteiger partial charge in [-0.3, -0.25) is 4.79 Å². The molecule has 0 saturated carbocycles. The number of benzene rings is 1. The van der Waals surface area contributed by atoms with Crippen LogP contribution < -0.4 is 4.74 Å². The van der Waals surface area contributed by atoms with Gasteiger partial charge in [0, 0.05) is 0 Å². The number of carbonyl (C=O) groups excluding carboxylic acids is 1. The molecule has 0 amide bonds. The van der Waals surface area contributed by atoms with Crippen molar-refractivity contribution in [2.75, 3.05) is 13.7 Å². The molecule has 0 aromatic heterocycles. The Morgan fingerprint density at radius 1 is 1.40 bits per heavy atom. The molecule has 0 radical (unpaired) electrons. The first-order chi connectivity index (χ1) is 7.13. The van der Waals surface area contributed by atoms with E-state index in [2.05, 4.69) is 0 Å². The van der Waals surface area contributed by atoms with Gasteiger partial charge < -0.3 is 9.47 Å². The van der Waals surface area contributed by atoms with E-state index in [9.17, 15) is 4.79 Å². The summed E-state index contributed by atoms with van der Waals surface area (Å²) in [6, 6.07) is 3.77. The molecular formula is C12H14O3. The van der Waals surface area contributed by atoms with Crippen molar-refractivity contribution in [3.63, 3.8) is 0 Å². The first-order valence-corrected chi connectivity index (χ1v) is 4.94. The van der Waals surface area contributed by atoms with Crippen LogP contribution in [0.15, 0.2) is 12.1 Å². The Bertz CT molecular complexity index is 406. The van der Waals surface area contributed by atoms with E-state index >= 15 is 0 Å². The molecule has 1 aliphatic heterocycles. The number of carbonyl (C=O) groups is 1. The zero-order valence-electron chi connectivity index (χ0n) is 9.16. The maximum atomic E-state index is 11.8. The molecule has 1 saturated heterocycles. The SMILES string of the molecule is COc1cc(C)c(C)cc1C(=O)C1CO1. The van der Waals surface area contributed by atoms with E-state index in [1.165, 1.54) is 0 Å². The summed E-state index contributed by atoms with van der Waals surface area (Å²) in [5.74, 6) is 0.661. The molecule has 3 heteroatoms. The summed E-state index contributed by atoms with van der Waals surface area (Å²) in [4.78, 5) is 11.8. The fourth-order valence-corrected chi connectivity index (χ4v) is 1.52. The lowest BCUT2D eigenvalue weighted by Crippen LogP contribution is -2.09. The lowest BCUT2D eigenvalue weighted by Gasteiger charge is -2.09. The minimum atomic E-state index is -0.249. The van der Waals surface area contributed by atoms with Gasteiger partial charge in [-0.15, -0.1) is 0 Å². The summed E-state index contributed by atoms with van der Waals surface area (Å²) in [6.07, 6.45) is -0.249. The van der Waals surface area contributed by atoms with E-state index in [4.69, 9.17) is 9.47 Å². The largest absolute Gasteiger partial charge is 0.496 e. The molecule has 1 atom stereocenters. The molecule has 1 unspecified atom stereocenters. The number of ketones is 1. The van der Waals surface area contributed by atoms with E-state index in [1.54, 1.807) is 7.11 Å². The quantitative estimate of drug-likeness (QED) is 0.560. The second-order valence-corrected chi connectivity index (χ2v) is 3.82. The number of hydrogen-bond acceptors (Lipinski definition) is 3. The highest BCUT2D eigenvalue weighted by molar-refractivity contribution is 6.03. The van der Waals surface area contributed by atoms with Crippen molar-refractivity contribution in [3.8, 4) is 5.75 Å². The van der Waals surface area contributed by atoms with Crippen LogP contribution in [0.3, 0.4) is 0 Å². The smallest absolute Gasteiger partial charge is 0.197 e. The van der Waals surface area contributed by atoms with Crippen LogP contribution >= 0.6 is 0 Å². The van der Waals surface area contributed by atoms with Gasteiger partial charge in [0.05, 0.1) is 19.3 Å². The van der Waals surface area contributed by atoms with E-state index in [0.717, 1.165) is 11.1 Å². The summed E-state index contributed by atoms with van der Waals surface area (Å²) < 4.78 is 10.2. The maximum absolute atomic E-state index is 11.8. The van der Waals surface area contributed by atoms with Gasteiger partial charge in [0.25, 0.3) is 0 Å². The van der Waals surface area contributed by atoms with Gasteiger partial charge in [-0.1, -0.05) is 0 Å². The normalized spacial score (nSPS) is 18.7. The van der Waals surface area contributed by atoms with Gasteiger partial charge in [0.15, 0.2) is 5.78 Å². The topological polar surface area (TPSA) is 38.8 Å². The predicted octanol–water partition coefficient (Wildman–Crippen LogP) is 1.89. The van der Waals surface area contributed by atoms with Gasteiger partial charge in [-0.05, 0) is 37.1 Å². The van der Waals surface area contributed by atoms with Crippen molar-refractivity contribution >= 4 is 5.78 Å². The molecule has 15 heavy (non-hydrogen) atoms. The molecule has 1 fully saturated rings. The first kappa shape index (κ1) is 10.2. The van der Waals surface area contributed by atoms with Crippen molar-refractivity contribution in [1.82, 2.24) is 0 Å². The Kier molecular flexibility index (Phi) is 2.49. The third-order valence-electron chi connectivity index (χ3n) is 2.71. The first-order valence-electron chi connectivity index (χ1n) is 4.94. The highest BCUT2D eigenvalue weighted by atomic mass is 16.6. The maximum Gasteiger partial charge on any atom is 0.197 e. The van der Waals surface area contributed by atoms with Crippen molar-refractivity contribution in [3.05, 3.63) is 28.8 Å². The van der Waals surface area contributed by atoms with Crippen molar-refractivity contribution in [2.24, 2.45) is 0 Å². The number of Topliss-reactive ketones (excluding diaryl/α,β-unsaturated/α-hetero) is 1. The van der Waals surface area contributed by atoms with E-state index in [1.807, 2.05) is 26.0 Å². The lowest BCUT2D eigenvalue weighted by molar-refractivity contribution is 0.0950. The summed E-state index contributed by atoms with van der Waals surface area (Å²) in [5, 5.41) is 0. The third-order valence-corrected chi connectivity index (χ3v) is 2.71. The fourth-order valence-electron chi connectivity index (χ4n) is 1.52. The molecule has 1 aromatic rings. The molecule has 1 aliphatic rings. The van der Waals surface area contributed by atoms with E-state index < -0.39 is 0 Å². The molecular weight excluding hydrogens is 192 g/mol. The molecule has 80 valence electrons. The minimum Gasteiger partial charge on any atom is -0.496 e. The Labute approximate surface area is 89.0 Å². The van der Waals surface area contributed by atoms with Gasteiger partial charge in [0.2, 0.25) is 0 Å².